The molecular weight excluding hydrogens is 135 g/mol. The average molecular weight is 150 g/mol. The number of hydrogen-bond acceptors (Lipinski definition) is 2. The summed E-state index contributed by atoms with van der Waals surface area (Å²) in [6, 6.07) is 0. The summed E-state index contributed by atoms with van der Waals surface area (Å²) in [7, 11) is 0. The Kier molecular flexibility index (Phi) is 6.86. The van der Waals surface area contributed by atoms with E-state index in [0.29, 0.717) is 19.8 Å². The van der Waals surface area contributed by atoms with Crippen molar-refractivity contribution in [2.75, 3.05) is 26.4 Å². The minimum Gasteiger partial charge on any atom is -0.379 e. The van der Waals surface area contributed by atoms with Crippen LogP contribution in [0.4, 0.5) is 4.39 Å². The first-order chi connectivity index (χ1) is 4.77. The van der Waals surface area contributed by atoms with E-state index in [1.54, 1.807) is 0 Å². The predicted octanol–water partition coefficient (Wildman–Crippen LogP) is 1.40. The molecule has 0 saturated heterocycles. The quantitative estimate of drug-likeness (QED) is 0.533. The van der Waals surface area contributed by atoms with Crippen LogP contribution >= 0.6 is 0 Å². The van der Waals surface area contributed by atoms with Crippen LogP contribution in [0.5, 0.6) is 0 Å². The lowest BCUT2D eigenvalue weighted by Gasteiger charge is -2.03. The van der Waals surface area contributed by atoms with Gasteiger partial charge in [0.25, 0.3) is 0 Å². The lowest BCUT2D eigenvalue weighted by molar-refractivity contribution is 0.0331. The van der Waals surface area contributed by atoms with Crippen molar-refractivity contribution in [3.05, 3.63) is 0 Å². The molecule has 2 nitrogen and oxygen atoms in total. The third-order valence-electron chi connectivity index (χ3n) is 0.924. The Labute approximate surface area is 61.3 Å². The highest BCUT2D eigenvalue weighted by Crippen LogP contribution is 1.88. The molecule has 0 aliphatic rings. The van der Waals surface area contributed by atoms with E-state index in [2.05, 4.69) is 0 Å². The maximum absolute atomic E-state index is 12.0. The van der Waals surface area contributed by atoms with Crippen LogP contribution in [0, 0.1) is 0 Å². The fourth-order valence-electron chi connectivity index (χ4n) is 0.508. The third-order valence-corrected chi connectivity index (χ3v) is 0.924. The van der Waals surface area contributed by atoms with Crippen molar-refractivity contribution in [2.45, 2.75) is 20.0 Å². The highest BCUT2D eigenvalue weighted by atomic mass is 19.1. The maximum atomic E-state index is 12.0. The zero-order chi connectivity index (χ0) is 7.82. The molecular formula is C7H15FO2. The van der Waals surface area contributed by atoms with Gasteiger partial charge in [0.05, 0.1) is 19.8 Å². The van der Waals surface area contributed by atoms with Crippen LogP contribution in [-0.2, 0) is 9.47 Å². The van der Waals surface area contributed by atoms with Crippen molar-refractivity contribution in [3.63, 3.8) is 0 Å². The van der Waals surface area contributed by atoms with Gasteiger partial charge in [-0.2, -0.15) is 0 Å². The highest BCUT2D eigenvalue weighted by Gasteiger charge is 1.95. The fraction of sp³-hybridized carbons (Fsp3) is 1.00. The zero-order valence-electron chi connectivity index (χ0n) is 6.60. The topological polar surface area (TPSA) is 18.5 Å². The smallest absolute Gasteiger partial charge is 0.121 e. The second kappa shape index (κ2) is 6.96. The van der Waals surface area contributed by atoms with Gasteiger partial charge >= 0.3 is 0 Å². The van der Waals surface area contributed by atoms with E-state index in [1.165, 1.54) is 6.92 Å². The van der Waals surface area contributed by atoms with Crippen molar-refractivity contribution in [3.8, 4) is 0 Å². The van der Waals surface area contributed by atoms with Gasteiger partial charge in [-0.3, -0.25) is 0 Å². The molecule has 3 heteroatoms. The van der Waals surface area contributed by atoms with Crippen molar-refractivity contribution in [2.24, 2.45) is 0 Å². The molecule has 0 radical (unpaired) electrons. The molecule has 0 aliphatic carbocycles. The van der Waals surface area contributed by atoms with Gasteiger partial charge in [0, 0.05) is 6.61 Å². The Hall–Kier alpha value is -0.150. The summed E-state index contributed by atoms with van der Waals surface area (Å²) < 4.78 is 21.9. The van der Waals surface area contributed by atoms with Gasteiger partial charge in [-0.1, -0.05) is 0 Å². The first kappa shape index (κ1) is 9.85. The van der Waals surface area contributed by atoms with E-state index < -0.39 is 6.17 Å². The molecule has 0 heterocycles. The van der Waals surface area contributed by atoms with Crippen LogP contribution < -0.4 is 0 Å². The Bertz CT molecular complexity index is 66.6. The molecule has 0 spiro atoms. The number of alkyl halides is 1. The molecule has 0 fully saturated rings. The molecule has 62 valence electrons. The van der Waals surface area contributed by atoms with Crippen molar-refractivity contribution >= 4 is 0 Å². The van der Waals surface area contributed by atoms with Crippen LogP contribution in [-0.4, -0.2) is 32.6 Å². The summed E-state index contributed by atoms with van der Waals surface area (Å²) in [5, 5.41) is 0. The normalized spacial score (nSPS) is 13.5. The molecule has 0 saturated carbocycles. The average Bonchev–Trinajstić information content (AvgIpc) is 1.87. The molecule has 0 aliphatic heterocycles. The lowest BCUT2D eigenvalue weighted by atomic mass is 10.5. The van der Waals surface area contributed by atoms with Gasteiger partial charge in [0.2, 0.25) is 0 Å². The number of hydrogen-bond donors (Lipinski definition) is 0. The SMILES string of the molecule is CCOCCOCC(C)F. The van der Waals surface area contributed by atoms with Gasteiger partial charge in [0.15, 0.2) is 0 Å². The van der Waals surface area contributed by atoms with Crippen LogP contribution in [0.3, 0.4) is 0 Å². The largest absolute Gasteiger partial charge is 0.379 e. The molecule has 0 aromatic carbocycles. The predicted molar refractivity (Wildman–Crippen MR) is 37.9 cm³/mol. The summed E-state index contributed by atoms with van der Waals surface area (Å²) in [5.41, 5.74) is 0. The molecule has 1 atom stereocenters. The Morgan fingerprint density at radius 1 is 1.30 bits per heavy atom. The lowest BCUT2D eigenvalue weighted by Crippen LogP contribution is -2.10. The van der Waals surface area contributed by atoms with E-state index in [4.69, 9.17) is 9.47 Å². The molecule has 0 rings (SSSR count). The van der Waals surface area contributed by atoms with Gasteiger partial charge in [-0.05, 0) is 13.8 Å². The van der Waals surface area contributed by atoms with Crippen LogP contribution in [0.2, 0.25) is 0 Å². The standard InChI is InChI=1S/C7H15FO2/c1-3-9-4-5-10-6-7(2)8/h7H,3-6H2,1-2H3. The minimum absolute atomic E-state index is 0.174. The number of rotatable bonds is 6. The summed E-state index contributed by atoms with van der Waals surface area (Å²) in [5.74, 6) is 0. The second-order valence-electron chi connectivity index (χ2n) is 2.05. The van der Waals surface area contributed by atoms with Crippen molar-refractivity contribution < 1.29 is 13.9 Å². The Balaban J connectivity index is 2.77. The van der Waals surface area contributed by atoms with Gasteiger partial charge in [0.1, 0.15) is 6.17 Å². The molecule has 0 bridgehead atoms. The van der Waals surface area contributed by atoms with Crippen molar-refractivity contribution in [1.82, 2.24) is 0 Å². The number of halogens is 1. The first-order valence-electron chi connectivity index (χ1n) is 3.57. The third kappa shape index (κ3) is 7.85. The Morgan fingerprint density at radius 2 is 1.90 bits per heavy atom. The summed E-state index contributed by atoms with van der Waals surface area (Å²) >= 11 is 0. The first-order valence-corrected chi connectivity index (χ1v) is 3.57. The van der Waals surface area contributed by atoms with Gasteiger partial charge < -0.3 is 9.47 Å². The molecule has 10 heavy (non-hydrogen) atoms. The van der Waals surface area contributed by atoms with Crippen LogP contribution in [0.1, 0.15) is 13.8 Å². The van der Waals surface area contributed by atoms with E-state index in [0.717, 1.165) is 0 Å². The van der Waals surface area contributed by atoms with E-state index in [-0.39, 0.29) is 6.61 Å². The summed E-state index contributed by atoms with van der Waals surface area (Å²) in [6.45, 7) is 5.30. The number of ether oxygens (including phenoxy) is 2. The molecule has 0 aromatic rings. The molecule has 1 unspecified atom stereocenters. The zero-order valence-corrected chi connectivity index (χ0v) is 6.60. The minimum atomic E-state index is -0.873. The molecule has 0 aromatic heterocycles. The van der Waals surface area contributed by atoms with Crippen LogP contribution in [0.25, 0.3) is 0 Å². The fourth-order valence-corrected chi connectivity index (χ4v) is 0.508. The van der Waals surface area contributed by atoms with Gasteiger partial charge in [-0.15, -0.1) is 0 Å². The van der Waals surface area contributed by atoms with E-state index in [9.17, 15) is 4.39 Å². The van der Waals surface area contributed by atoms with E-state index in [1.807, 2.05) is 6.92 Å². The van der Waals surface area contributed by atoms with Gasteiger partial charge in [-0.25, -0.2) is 4.39 Å². The molecule has 0 amide bonds. The van der Waals surface area contributed by atoms with E-state index >= 15 is 0 Å². The summed E-state index contributed by atoms with van der Waals surface area (Å²) in [4.78, 5) is 0. The van der Waals surface area contributed by atoms with Crippen LogP contribution in [0.15, 0.2) is 0 Å². The van der Waals surface area contributed by atoms with Crippen molar-refractivity contribution in [1.29, 1.82) is 0 Å². The maximum Gasteiger partial charge on any atom is 0.121 e. The molecule has 0 N–H and O–H groups in total. The Morgan fingerprint density at radius 3 is 2.40 bits per heavy atom. The highest BCUT2D eigenvalue weighted by molar-refractivity contribution is 4.41. The summed E-state index contributed by atoms with van der Waals surface area (Å²) in [6.07, 6.45) is -0.873. The monoisotopic (exact) mass is 150 g/mol. The second-order valence-corrected chi connectivity index (χ2v) is 2.05.